The number of aryl methyl sites for hydroxylation is 1. The molecular weight excluding hydrogens is 384 g/mol. The van der Waals surface area contributed by atoms with Crippen LogP contribution in [0.5, 0.6) is 0 Å². The minimum Gasteiger partial charge on any atom is -0.346 e. The van der Waals surface area contributed by atoms with Gasteiger partial charge in [0.2, 0.25) is 5.91 Å². The van der Waals surface area contributed by atoms with E-state index in [1.54, 1.807) is 17.7 Å². The second-order valence-corrected chi connectivity index (χ2v) is 8.65. The van der Waals surface area contributed by atoms with Gasteiger partial charge in [0.15, 0.2) is 0 Å². The number of nitrogens with zero attached hydrogens (tertiary/aromatic N) is 5. The van der Waals surface area contributed by atoms with E-state index in [-0.39, 0.29) is 11.8 Å². The molecule has 0 fully saturated rings. The van der Waals surface area contributed by atoms with Crippen molar-refractivity contribution in [2.75, 3.05) is 18.9 Å². The van der Waals surface area contributed by atoms with Crippen LogP contribution >= 0.6 is 11.3 Å². The zero-order chi connectivity index (χ0) is 20.0. The number of carbonyl (C=O) groups is 1. The maximum atomic E-state index is 12.6. The van der Waals surface area contributed by atoms with Crippen molar-refractivity contribution in [1.82, 2.24) is 19.9 Å². The fourth-order valence-electron chi connectivity index (χ4n) is 4.07. The Morgan fingerprint density at radius 2 is 2.24 bits per heavy atom. The quantitative estimate of drug-likeness (QED) is 0.718. The molecule has 1 aliphatic heterocycles. The Balaban J connectivity index is 1.47. The summed E-state index contributed by atoms with van der Waals surface area (Å²) in [6.07, 6.45) is 7.86. The average molecular weight is 407 g/mol. The van der Waals surface area contributed by atoms with Gasteiger partial charge in [0.25, 0.3) is 0 Å². The number of rotatable bonds is 4. The van der Waals surface area contributed by atoms with Crippen molar-refractivity contribution in [1.29, 1.82) is 0 Å². The zero-order valence-electron chi connectivity index (χ0n) is 16.5. The molecule has 0 saturated heterocycles. The maximum absolute atomic E-state index is 12.6. The zero-order valence-corrected chi connectivity index (χ0v) is 17.3. The van der Waals surface area contributed by atoms with E-state index >= 15 is 0 Å². The molecule has 7 nitrogen and oxygen atoms in total. The van der Waals surface area contributed by atoms with Crippen LogP contribution < -0.4 is 5.32 Å². The molecular formula is C21H22N6OS. The Kier molecular flexibility index (Phi) is 4.50. The lowest BCUT2D eigenvalue weighted by Crippen LogP contribution is -2.35. The van der Waals surface area contributed by atoms with Gasteiger partial charge in [0, 0.05) is 47.9 Å². The number of anilines is 2. The highest BCUT2D eigenvalue weighted by atomic mass is 32.1. The Labute approximate surface area is 172 Å². The predicted octanol–water partition coefficient (Wildman–Crippen LogP) is 3.35. The summed E-state index contributed by atoms with van der Waals surface area (Å²) in [5, 5.41) is 4.45. The van der Waals surface area contributed by atoms with Crippen LogP contribution in [-0.2, 0) is 24.2 Å². The Bertz CT molecular complexity index is 1140. The average Bonchev–Trinajstić information content (AvgIpc) is 3.36. The summed E-state index contributed by atoms with van der Waals surface area (Å²) in [6.45, 7) is 3.45. The number of aromatic nitrogens is 3. The lowest BCUT2D eigenvalue weighted by atomic mass is 9.87. The molecule has 0 radical (unpaired) electrons. The fraction of sp³-hybridized carbons (Fsp3) is 0.381. The van der Waals surface area contributed by atoms with Crippen LogP contribution in [0, 0.1) is 5.92 Å². The number of nitrogens with one attached hydrogen (secondary N) is 1. The first kappa shape index (κ1) is 18.2. The van der Waals surface area contributed by atoms with Crippen LogP contribution in [0.15, 0.2) is 23.6 Å². The lowest BCUT2D eigenvalue weighted by Gasteiger charge is -2.26. The SMILES string of the molecule is CCN(C)C(=O)[C@H]1CCc2c(sc3ncnc(Nc4cc5c(cn4)CN=C5)c23)C1. The smallest absolute Gasteiger partial charge is 0.225 e. The standard InChI is InChI=1S/C21H22N6OS/c1-3-27(2)21(28)12-4-5-15-16(6-12)29-20-18(15)19(24-11-25-20)26-17-7-13-8-22-9-14(13)10-23-17/h7-8,10-12H,3-6,9H2,1-2H3,(H,23,24,25,26)/t12-/m0/s1. The van der Waals surface area contributed by atoms with E-state index < -0.39 is 0 Å². The van der Waals surface area contributed by atoms with Crippen molar-refractivity contribution in [3.8, 4) is 0 Å². The summed E-state index contributed by atoms with van der Waals surface area (Å²) in [6, 6.07) is 2.01. The molecule has 4 heterocycles. The molecule has 0 unspecified atom stereocenters. The summed E-state index contributed by atoms with van der Waals surface area (Å²) in [4.78, 5) is 34.5. The molecule has 3 aromatic heterocycles. The molecule has 1 N–H and O–H groups in total. The molecule has 148 valence electrons. The van der Waals surface area contributed by atoms with E-state index in [0.717, 1.165) is 58.8 Å². The number of hydrogen-bond acceptors (Lipinski definition) is 7. The van der Waals surface area contributed by atoms with Gasteiger partial charge in [0.05, 0.1) is 11.9 Å². The van der Waals surface area contributed by atoms with Crippen molar-refractivity contribution in [3.63, 3.8) is 0 Å². The third-order valence-electron chi connectivity index (χ3n) is 5.81. The highest BCUT2D eigenvalue weighted by Crippen LogP contribution is 2.40. The van der Waals surface area contributed by atoms with Gasteiger partial charge in [-0.1, -0.05) is 0 Å². The predicted molar refractivity (Wildman–Crippen MR) is 115 cm³/mol. The highest BCUT2D eigenvalue weighted by Gasteiger charge is 2.30. The second-order valence-electron chi connectivity index (χ2n) is 7.56. The molecule has 5 rings (SSSR count). The van der Waals surface area contributed by atoms with Crippen molar-refractivity contribution in [2.45, 2.75) is 32.7 Å². The Morgan fingerprint density at radius 3 is 3.10 bits per heavy atom. The topological polar surface area (TPSA) is 83.4 Å². The molecule has 0 saturated carbocycles. The van der Waals surface area contributed by atoms with Gasteiger partial charge in [-0.05, 0) is 37.8 Å². The molecule has 1 aliphatic carbocycles. The lowest BCUT2D eigenvalue weighted by molar-refractivity contribution is -0.134. The Morgan fingerprint density at radius 1 is 1.34 bits per heavy atom. The minimum atomic E-state index is 0.0579. The monoisotopic (exact) mass is 406 g/mol. The highest BCUT2D eigenvalue weighted by molar-refractivity contribution is 7.19. The third kappa shape index (κ3) is 3.17. The minimum absolute atomic E-state index is 0.0579. The number of hydrogen-bond donors (Lipinski definition) is 1. The van der Waals surface area contributed by atoms with E-state index in [0.29, 0.717) is 6.54 Å². The maximum Gasteiger partial charge on any atom is 0.225 e. The first-order chi connectivity index (χ1) is 14.1. The van der Waals surface area contributed by atoms with Crippen molar-refractivity contribution in [3.05, 3.63) is 40.2 Å². The molecule has 8 heteroatoms. The van der Waals surface area contributed by atoms with E-state index in [1.807, 2.05) is 37.3 Å². The molecule has 3 aromatic rings. The first-order valence-corrected chi connectivity index (χ1v) is 10.7. The van der Waals surface area contributed by atoms with E-state index in [1.165, 1.54) is 10.4 Å². The number of aliphatic imine (C=N–C) groups is 1. The van der Waals surface area contributed by atoms with Crippen LogP contribution in [0.2, 0.25) is 0 Å². The van der Waals surface area contributed by atoms with Gasteiger partial charge in [0.1, 0.15) is 22.8 Å². The summed E-state index contributed by atoms with van der Waals surface area (Å²) >= 11 is 1.68. The van der Waals surface area contributed by atoms with Gasteiger partial charge in [-0.25, -0.2) is 15.0 Å². The van der Waals surface area contributed by atoms with Crippen molar-refractivity contribution >= 4 is 45.3 Å². The molecule has 1 atom stereocenters. The fourth-order valence-corrected chi connectivity index (χ4v) is 5.33. The Hall–Kier alpha value is -2.87. The van der Waals surface area contributed by atoms with Crippen LogP contribution in [0.1, 0.15) is 34.9 Å². The number of amides is 1. The molecule has 1 amide bonds. The van der Waals surface area contributed by atoms with E-state index in [2.05, 4.69) is 25.3 Å². The van der Waals surface area contributed by atoms with Crippen LogP contribution in [-0.4, -0.2) is 45.6 Å². The van der Waals surface area contributed by atoms with E-state index in [4.69, 9.17) is 0 Å². The van der Waals surface area contributed by atoms with Gasteiger partial charge >= 0.3 is 0 Å². The summed E-state index contributed by atoms with van der Waals surface area (Å²) in [5.74, 6) is 1.84. The van der Waals surface area contributed by atoms with Gasteiger partial charge in [-0.3, -0.25) is 9.79 Å². The van der Waals surface area contributed by atoms with Gasteiger partial charge in [-0.15, -0.1) is 11.3 Å². The number of carbonyl (C=O) groups excluding carboxylic acids is 1. The molecule has 0 aromatic carbocycles. The molecule has 0 bridgehead atoms. The van der Waals surface area contributed by atoms with E-state index in [9.17, 15) is 4.79 Å². The van der Waals surface area contributed by atoms with Crippen LogP contribution in [0.4, 0.5) is 11.6 Å². The normalized spacial score (nSPS) is 17.2. The summed E-state index contributed by atoms with van der Waals surface area (Å²) in [7, 11) is 1.88. The largest absolute Gasteiger partial charge is 0.346 e. The van der Waals surface area contributed by atoms with Crippen LogP contribution in [0.3, 0.4) is 0 Å². The van der Waals surface area contributed by atoms with Crippen LogP contribution in [0.25, 0.3) is 10.2 Å². The van der Waals surface area contributed by atoms with Gasteiger partial charge in [-0.2, -0.15) is 0 Å². The number of pyridine rings is 1. The summed E-state index contributed by atoms with van der Waals surface area (Å²) in [5.41, 5.74) is 3.52. The molecule has 29 heavy (non-hydrogen) atoms. The number of fused-ring (bicyclic) bond motifs is 4. The van der Waals surface area contributed by atoms with Crippen molar-refractivity contribution < 1.29 is 4.79 Å². The van der Waals surface area contributed by atoms with Gasteiger partial charge < -0.3 is 10.2 Å². The first-order valence-electron chi connectivity index (χ1n) is 9.90. The molecule has 2 aliphatic rings. The summed E-state index contributed by atoms with van der Waals surface area (Å²) < 4.78 is 0. The second kappa shape index (κ2) is 7.18. The third-order valence-corrected chi connectivity index (χ3v) is 6.97. The number of thiophene rings is 1. The molecule has 0 spiro atoms. The van der Waals surface area contributed by atoms with Crippen molar-refractivity contribution in [2.24, 2.45) is 10.9 Å².